The molecule has 2 rings (SSSR count). The fourth-order valence-electron chi connectivity index (χ4n) is 1.84. The maximum atomic E-state index is 12.9. The second-order valence-electron chi connectivity index (χ2n) is 4.52. The quantitative estimate of drug-likeness (QED) is 0.865. The first kappa shape index (κ1) is 16.8. The number of hydrogen-bond acceptors (Lipinski definition) is 3. The number of benzene rings is 1. The van der Waals surface area contributed by atoms with Crippen LogP contribution in [0.15, 0.2) is 30.3 Å². The van der Waals surface area contributed by atoms with Crippen LogP contribution in [0.4, 0.5) is 27.6 Å². The molecule has 4 nitrogen and oxygen atoms in total. The number of nitrogens with one attached hydrogen (secondary N) is 1. The van der Waals surface area contributed by atoms with E-state index in [-0.39, 0.29) is 5.82 Å². The summed E-state index contributed by atoms with van der Waals surface area (Å²) in [7, 11) is 0. The number of aryl methyl sites for hydroxylation is 1. The van der Waals surface area contributed by atoms with Crippen molar-refractivity contribution in [3.63, 3.8) is 0 Å². The second-order valence-corrected chi connectivity index (χ2v) is 4.52. The van der Waals surface area contributed by atoms with Gasteiger partial charge in [0.2, 0.25) is 0 Å². The molecule has 0 aliphatic carbocycles. The molecule has 1 heterocycles. The zero-order valence-corrected chi connectivity index (χ0v) is 11.7. The zero-order chi connectivity index (χ0) is 17.2. The van der Waals surface area contributed by atoms with E-state index in [1.165, 1.54) is 19.1 Å². The lowest BCUT2D eigenvalue weighted by Crippen LogP contribution is -2.18. The lowest BCUT2D eigenvalue weighted by molar-refractivity contribution is -0.136. The highest BCUT2D eigenvalue weighted by atomic mass is 19.4. The Morgan fingerprint density at radius 3 is 2.43 bits per heavy atom. The van der Waals surface area contributed by atoms with E-state index in [1.807, 2.05) is 5.32 Å². The van der Waals surface area contributed by atoms with Crippen LogP contribution in [0.2, 0.25) is 0 Å². The van der Waals surface area contributed by atoms with Crippen molar-refractivity contribution in [2.75, 3.05) is 5.32 Å². The number of rotatable bonds is 3. The predicted molar refractivity (Wildman–Crippen MR) is 71.1 cm³/mol. The molecule has 2 aromatic rings. The Hall–Kier alpha value is -2.58. The third-order valence-corrected chi connectivity index (χ3v) is 2.79. The minimum absolute atomic E-state index is 0.0861. The van der Waals surface area contributed by atoms with Gasteiger partial charge in [-0.05, 0) is 25.1 Å². The average Bonchev–Trinajstić information content (AvgIpc) is 2.46. The Balaban J connectivity index is 2.34. The minimum atomic E-state index is -4.67. The molecule has 1 aromatic heterocycles. The summed E-state index contributed by atoms with van der Waals surface area (Å²) >= 11 is 0. The van der Waals surface area contributed by atoms with Crippen molar-refractivity contribution >= 4 is 11.6 Å². The van der Waals surface area contributed by atoms with E-state index in [0.717, 1.165) is 18.2 Å². The van der Waals surface area contributed by atoms with Crippen molar-refractivity contribution in [2.45, 2.75) is 19.5 Å². The van der Waals surface area contributed by atoms with Gasteiger partial charge < -0.3 is 5.32 Å². The summed E-state index contributed by atoms with van der Waals surface area (Å²) in [6.07, 6.45) is -7.59. The van der Waals surface area contributed by atoms with Gasteiger partial charge in [-0.2, -0.15) is 13.2 Å². The summed E-state index contributed by atoms with van der Waals surface area (Å²) in [5.41, 5.74) is -2.65. The molecule has 0 bridgehead atoms. The van der Waals surface area contributed by atoms with Crippen molar-refractivity contribution in [1.82, 2.24) is 9.97 Å². The molecule has 1 amide bonds. The van der Waals surface area contributed by atoms with Crippen LogP contribution in [0, 0.1) is 6.92 Å². The number of nitrogens with zero attached hydrogens (tertiary/aromatic N) is 2. The maximum absolute atomic E-state index is 12.9. The highest BCUT2D eigenvalue weighted by Gasteiger charge is 2.33. The van der Waals surface area contributed by atoms with Crippen molar-refractivity contribution < 1.29 is 26.7 Å². The number of amides is 1. The molecule has 9 heteroatoms. The highest BCUT2D eigenvalue weighted by Crippen LogP contribution is 2.34. The van der Waals surface area contributed by atoms with E-state index in [0.29, 0.717) is 0 Å². The van der Waals surface area contributed by atoms with E-state index in [4.69, 9.17) is 0 Å². The van der Waals surface area contributed by atoms with Gasteiger partial charge in [0.1, 0.15) is 17.2 Å². The molecule has 0 unspecified atom stereocenters. The largest absolute Gasteiger partial charge is 0.418 e. The highest BCUT2D eigenvalue weighted by molar-refractivity contribution is 6.03. The number of carbonyl (C=O) groups is 1. The van der Waals surface area contributed by atoms with Crippen LogP contribution in [0.1, 0.15) is 34.0 Å². The average molecular weight is 331 g/mol. The summed E-state index contributed by atoms with van der Waals surface area (Å²) in [6, 6.07) is 5.07. The lowest BCUT2D eigenvalue weighted by Gasteiger charge is -2.13. The van der Waals surface area contributed by atoms with Crippen LogP contribution in [0.3, 0.4) is 0 Å². The molecule has 0 aliphatic rings. The van der Waals surface area contributed by atoms with Gasteiger partial charge in [0.15, 0.2) is 0 Å². The topological polar surface area (TPSA) is 54.9 Å². The van der Waals surface area contributed by atoms with E-state index < -0.39 is 41.1 Å². The molecule has 0 radical (unpaired) electrons. The maximum Gasteiger partial charge on any atom is 0.418 e. The van der Waals surface area contributed by atoms with Crippen molar-refractivity contribution in [3.8, 4) is 0 Å². The molecular formula is C14H10F5N3O. The van der Waals surface area contributed by atoms with Crippen LogP contribution in [0.25, 0.3) is 0 Å². The van der Waals surface area contributed by atoms with Gasteiger partial charge in [-0.3, -0.25) is 4.79 Å². The minimum Gasteiger partial charge on any atom is -0.320 e. The molecular weight excluding hydrogens is 321 g/mol. The standard InChI is InChI=1S/C14H10F5N3O/c1-7-20-10(12(15)16)6-11(21-7)13(23)22-9-5-3-2-4-8(9)14(17,18)19/h2-6,12H,1H3,(H,22,23). The smallest absolute Gasteiger partial charge is 0.320 e. The number of alkyl halides is 5. The van der Waals surface area contributed by atoms with E-state index in [1.54, 1.807) is 0 Å². The molecule has 0 saturated carbocycles. The third kappa shape index (κ3) is 3.99. The fraction of sp³-hybridized carbons (Fsp3) is 0.214. The Morgan fingerprint density at radius 2 is 1.83 bits per heavy atom. The first-order chi connectivity index (χ1) is 10.7. The first-order valence-electron chi connectivity index (χ1n) is 6.30. The van der Waals surface area contributed by atoms with E-state index >= 15 is 0 Å². The molecule has 122 valence electrons. The number of halogens is 5. The molecule has 1 aromatic carbocycles. The zero-order valence-electron chi connectivity index (χ0n) is 11.7. The summed E-state index contributed by atoms with van der Waals surface area (Å²) in [4.78, 5) is 19.1. The number of para-hydroxylation sites is 1. The van der Waals surface area contributed by atoms with Crippen molar-refractivity contribution in [1.29, 1.82) is 0 Å². The Morgan fingerprint density at radius 1 is 1.17 bits per heavy atom. The van der Waals surface area contributed by atoms with Gasteiger partial charge in [-0.1, -0.05) is 12.1 Å². The van der Waals surface area contributed by atoms with Crippen molar-refractivity contribution in [2.24, 2.45) is 0 Å². The van der Waals surface area contributed by atoms with Gasteiger partial charge in [0.25, 0.3) is 12.3 Å². The summed E-state index contributed by atoms with van der Waals surface area (Å²) in [6.45, 7) is 1.30. The monoisotopic (exact) mass is 331 g/mol. The normalized spacial score (nSPS) is 11.6. The van der Waals surface area contributed by atoms with Crippen LogP contribution < -0.4 is 5.32 Å². The summed E-state index contributed by atoms with van der Waals surface area (Å²) < 4.78 is 63.9. The van der Waals surface area contributed by atoms with Gasteiger partial charge in [0.05, 0.1) is 11.3 Å². The van der Waals surface area contributed by atoms with Crippen LogP contribution in [-0.2, 0) is 6.18 Å². The Bertz CT molecular complexity index is 731. The number of aromatic nitrogens is 2. The molecule has 0 atom stereocenters. The van der Waals surface area contributed by atoms with Crippen molar-refractivity contribution in [3.05, 3.63) is 53.1 Å². The lowest BCUT2D eigenvalue weighted by atomic mass is 10.1. The number of hydrogen-bond donors (Lipinski definition) is 1. The Labute approximate surface area is 127 Å². The SMILES string of the molecule is Cc1nc(C(=O)Nc2ccccc2C(F)(F)F)cc(C(F)F)n1. The molecule has 23 heavy (non-hydrogen) atoms. The van der Waals surface area contributed by atoms with Gasteiger partial charge in [0, 0.05) is 0 Å². The van der Waals surface area contributed by atoms with Crippen LogP contribution in [-0.4, -0.2) is 15.9 Å². The van der Waals surface area contributed by atoms with Gasteiger partial charge in [-0.15, -0.1) is 0 Å². The van der Waals surface area contributed by atoms with Gasteiger partial charge in [-0.25, -0.2) is 18.7 Å². The first-order valence-corrected chi connectivity index (χ1v) is 6.30. The molecule has 0 fully saturated rings. The predicted octanol–water partition coefficient (Wildman–Crippen LogP) is 3.99. The summed E-state index contributed by atoms with van der Waals surface area (Å²) in [5.74, 6) is -1.12. The Kier molecular flexibility index (Phi) is 4.57. The van der Waals surface area contributed by atoms with Crippen LogP contribution in [0.5, 0.6) is 0 Å². The van der Waals surface area contributed by atoms with E-state index in [2.05, 4.69) is 9.97 Å². The van der Waals surface area contributed by atoms with Crippen LogP contribution >= 0.6 is 0 Å². The number of carbonyl (C=O) groups excluding carboxylic acids is 1. The second kappa shape index (κ2) is 6.27. The third-order valence-electron chi connectivity index (χ3n) is 2.79. The summed E-state index contributed by atoms with van der Waals surface area (Å²) in [5, 5.41) is 2.03. The molecule has 0 aliphatic heterocycles. The fourth-order valence-corrected chi connectivity index (χ4v) is 1.84. The number of anilines is 1. The molecule has 0 spiro atoms. The van der Waals surface area contributed by atoms with Gasteiger partial charge >= 0.3 is 6.18 Å². The molecule has 0 saturated heterocycles. The van der Waals surface area contributed by atoms with E-state index in [9.17, 15) is 26.7 Å². The molecule has 1 N–H and O–H groups in total.